The Balaban J connectivity index is 1.53. The zero-order valence-electron chi connectivity index (χ0n) is 13.6. The number of hydrogen-bond acceptors (Lipinski definition) is 4. The summed E-state index contributed by atoms with van der Waals surface area (Å²) < 4.78 is 0. The molecule has 4 heteroatoms. The molecule has 1 aromatic rings. The van der Waals surface area contributed by atoms with E-state index in [1.54, 1.807) is 0 Å². The summed E-state index contributed by atoms with van der Waals surface area (Å²) in [6.07, 6.45) is 10.8. The molecule has 0 aromatic heterocycles. The fourth-order valence-electron chi connectivity index (χ4n) is 3.52. The highest BCUT2D eigenvalue weighted by Crippen LogP contribution is 2.30. The van der Waals surface area contributed by atoms with Crippen LogP contribution in [0.25, 0.3) is 5.70 Å². The summed E-state index contributed by atoms with van der Waals surface area (Å²) in [7, 11) is 0. The molecule has 0 aliphatic carbocycles. The highest BCUT2D eigenvalue weighted by atomic mass is 15.5. The van der Waals surface area contributed by atoms with Crippen molar-refractivity contribution in [1.82, 2.24) is 20.7 Å². The molecule has 0 amide bonds. The lowest BCUT2D eigenvalue weighted by atomic mass is 10.1. The molecule has 0 radical (unpaired) electrons. The molecule has 1 saturated heterocycles. The van der Waals surface area contributed by atoms with Crippen molar-refractivity contribution < 1.29 is 0 Å². The maximum atomic E-state index is 3.62. The van der Waals surface area contributed by atoms with Gasteiger partial charge in [-0.15, -0.1) is 0 Å². The van der Waals surface area contributed by atoms with E-state index in [4.69, 9.17) is 0 Å². The van der Waals surface area contributed by atoms with Crippen molar-refractivity contribution in [2.24, 2.45) is 0 Å². The van der Waals surface area contributed by atoms with E-state index in [1.165, 1.54) is 41.9 Å². The normalized spacial score (nSPS) is 24.3. The number of nitrogens with zero attached hydrogens (tertiary/aromatic N) is 2. The minimum Gasteiger partial charge on any atom is -0.360 e. The number of fused-ring (bicyclic) bond motifs is 1. The smallest absolute Gasteiger partial charge is 0.123 e. The summed E-state index contributed by atoms with van der Waals surface area (Å²) in [5.74, 6) is 0. The number of hydrogen-bond donors (Lipinski definition) is 2. The second kappa shape index (κ2) is 6.13. The Hall–Kier alpha value is -2.20. The number of benzene rings is 1. The van der Waals surface area contributed by atoms with E-state index in [2.05, 4.69) is 76.3 Å². The van der Waals surface area contributed by atoms with Gasteiger partial charge in [0, 0.05) is 25.0 Å². The van der Waals surface area contributed by atoms with Crippen LogP contribution in [-0.4, -0.2) is 29.2 Å². The van der Waals surface area contributed by atoms with E-state index in [-0.39, 0.29) is 6.17 Å². The Morgan fingerprint density at radius 2 is 1.87 bits per heavy atom. The molecular formula is C19H24N4. The third-order valence-electron chi connectivity index (χ3n) is 4.78. The largest absolute Gasteiger partial charge is 0.360 e. The van der Waals surface area contributed by atoms with Gasteiger partial charge in [0.2, 0.25) is 0 Å². The first-order valence-electron chi connectivity index (χ1n) is 8.54. The predicted molar refractivity (Wildman–Crippen MR) is 93.6 cm³/mol. The summed E-state index contributed by atoms with van der Waals surface area (Å²) in [6.45, 7) is 4.46. The fraction of sp³-hybridized carbons (Fsp3) is 0.368. The van der Waals surface area contributed by atoms with Crippen LogP contribution in [0.3, 0.4) is 0 Å². The molecule has 0 saturated carbocycles. The van der Waals surface area contributed by atoms with Gasteiger partial charge >= 0.3 is 0 Å². The third kappa shape index (κ3) is 2.86. The SMILES string of the molecule is CC1=C(c2ccccc2)NC2C=CC(NN3CCCCC3)=CN12. The molecule has 2 N–H and O–H groups in total. The van der Waals surface area contributed by atoms with E-state index in [1.807, 2.05) is 0 Å². The van der Waals surface area contributed by atoms with Crippen molar-refractivity contribution in [3.05, 3.63) is 65.6 Å². The van der Waals surface area contributed by atoms with Gasteiger partial charge in [-0.25, -0.2) is 5.01 Å². The lowest BCUT2D eigenvalue weighted by Gasteiger charge is -2.32. The van der Waals surface area contributed by atoms with Crippen molar-refractivity contribution >= 4 is 5.70 Å². The number of rotatable bonds is 3. The molecule has 3 aliphatic heterocycles. The first-order valence-corrected chi connectivity index (χ1v) is 8.54. The van der Waals surface area contributed by atoms with Gasteiger partial charge in [0.05, 0.1) is 11.4 Å². The first-order chi connectivity index (χ1) is 11.3. The van der Waals surface area contributed by atoms with Crippen molar-refractivity contribution in [3.63, 3.8) is 0 Å². The van der Waals surface area contributed by atoms with Crippen LogP contribution in [0.15, 0.2) is 60.1 Å². The quantitative estimate of drug-likeness (QED) is 0.898. The summed E-state index contributed by atoms with van der Waals surface area (Å²) in [4.78, 5) is 2.31. The van der Waals surface area contributed by atoms with Gasteiger partial charge in [-0.05, 0) is 37.5 Å². The molecule has 1 atom stereocenters. The highest BCUT2D eigenvalue weighted by molar-refractivity contribution is 5.69. The van der Waals surface area contributed by atoms with Crippen molar-refractivity contribution in [3.8, 4) is 0 Å². The minimum atomic E-state index is 0.220. The number of nitrogens with one attached hydrogen (secondary N) is 2. The topological polar surface area (TPSA) is 30.5 Å². The van der Waals surface area contributed by atoms with Gasteiger partial charge in [-0.3, -0.25) is 0 Å². The highest BCUT2D eigenvalue weighted by Gasteiger charge is 2.28. The molecule has 120 valence electrons. The summed E-state index contributed by atoms with van der Waals surface area (Å²) >= 11 is 0. The molecule has 0 spiro atoms. The molecule has 1 aromatic carbocycles. The molecule has 4 nitrogen and oxygen atoms in total. The van der Waals surface area contributed by atoms with Crippen LogP contribution in [0.5, 0.6) is 0 Å². The Bertz CT molecular complexity index is 653. The summed E-state index contributed by atoms with van der Waals surface area (Å²) in [5.41, 5.74) is 8.45. The second-order valence-electron chi connectivity index (χ2n) is 6.43. The Kier molecular flexibility index (Phi) is 3.83. The molecular weight excluding hydrogens is 284 g/mol. The lowest BCUT2D eigenvalue weighted by molar-refractivity contribution is 0.175. The van der Waals surface area contributed by atoms with Crippen LogP contribution in [0.4, 0.5) is 0 Å². The van der Waals surface area contributed by atoms with Crippen LogP contribution in [0.2, 0.25) is 0 Å². The zero-order chi connectivity index (χ0) is 15.6. The summed E-state index contributed by atoms with van der Waals surface area (Å²) in [6, 6.07) is 10.5. The monoisotopic (exact) mass is 308 g/mol. The van der Waals surface area contributed by atoms with E-state index >= 15 is 0 Å². The first kappa shape index (κ1) is 14.4. The van der Waals surface area contributed by atoms with Gasteiger partial charge < -0.3 is 15.6 Å². The molecule has 3 heterocycles. The Labute approximate surface area is 138 Å². The second-order valence-corrected chi connectivity index (χ2v) is 6.43. The van der Waals surface area contributed by atoms with Gasteiger partial charge in [0.1, 0.15) is 6.17 Å². The average molecular weight is 308 g/mol. The maximum absolute atomic E-state index is 3.62. The van der Waals surface area contributed by atoms with E-state index in [9.17, 15) is 0 Å². The van der Waals surface area contributed by atoms with Crippen molar-refractivity contribution in [2.45, 2.75) is 32.4 Å². The molecule has 23 heavy (non-hydrogen) atoms. The van der Waals surface area contributed by atoms with E-state index < -0.39 is 0 Å². The third-order valence-corrected chi connectivity index (χ3v) is 4.78. The fourth-order valence-corrected chi connectivity index (χ4v) is 3.52. The zero-order valence-corrected chi connectivity index (χ0v) is 13.6. The Morgan fingerprint density at radius 1 is 1.09 bits per heavy atom. The van der Waals surface area contributed by atoms with Crippen LogP contribution < -0.4 is 10.7 Å². The number of allylic oxidation sites excluding steroid dienone is 2. The molecule has 1 unspecified atom stereocenters. The molecule has 3 aliphatic rings. The lowest BCUT2D eigenvalue weighted by Crippen LogP contribution is -2.43. The van der Waals surface area contributed by atoms with E-state index in [0.717, 1.165) is 13.1 Å². The van der Waals surface area contributed by atoms with Crippen molar-refractivity contribution in [2.75, 3.05) is 13.1 Å². The van der Waals surface area contributed by atoms with Gasteiger partial charge in [-0.2, -0.15) is 0 Å². The number of hydrazine groups is 1. The Morgan fingerprint density at radius 3 is 2.65 bits per heavy atom. The van der Waals surface area contributed by atoms with Crippen LogP contribution in [-0.2, 0) is 0 Å². The van der Waals surface area contributed by atoms with E-state index in [0.29, 0.717) is 0 Å². The van der Waals surface area contributed by atoms with Crippen LogP contribution in [0.1, 0.15) is 31.7 Å². The van der Waals surface area contributed by atoms with Crippen LogP contribution >= 0.6 is 0 Å². The maximum Gasteiger partial charge on any atom is 0.123 e. The minimum absolute atomic E-state index is 0.220. The van der Waals surface area contributed by atoms with Crippen LogP contribution in [0, 0.1) is 0 Å². The average Bonchev–Trinajstić information content (AvgIpc) is 2.93. The molecule has 4 rings (SSSR count). The van der Waals surface area contributed by atoms with Gasteiger partial charge in [0.25, 0.3) is 0 Å². The standard InChI is InChI=1S/C19H24N4/c1-15-19(16-8-4-2-5-9-16)20-18-11-10-17(14-23(15)18)21-22-12-6-3-7-13-22/h2,4-5,8-11,14,18,20-21H,3,6-7,12-13H2,1H3. The molecule has 0 bridgehead atoms. The summed E-state index contributed by atoms with van der Waals surface area (Å²) in [5, 5.41) is 5.95. The molecule has 1 fully saturated rings. The van der Waals surface area contributed by atoms with Gasteiger partial charge in [-0.1, -0.05) is 36.8 Å². The van der Waals surface area contributed by atoms with Crippen molar-refractivity contribution in [1.29, 1.82) is 0 Å². The van der Waals surface area contributed by atoms with Gasteiger partial charge in [0.15, 0.2) is 0 Å². The predicted octanol–water partition coefficient (Wildman–Crippen LogP) is 3.01. The number of piperidine rings is 1.